The van der Waals surface area contributed by atoms with E-state index in [1.54, 1.807) is 0 Å². The highest BCUT2D eigenvalue weighted by atomic mass is 19.4. The molecule has 144 valence electrons. The van der Waals surface area contributed by atoms with Gasteiger partial charge in [0.1, 0.15) is 51.3 Å². The van der Waals surface area contributed by atoms with Gasteiger partial charge in [0.2, 0.25) is 0 Å². The van der Waals surface area contributed by atoms with Crippen molar-refractivity contribution < 1.29 is 13.2 Å². The summed E-state index contributed by atoms with van der Waals surface area (Å²) in [6.45, 7) is 3.00. The highest BCUT2D eigenvalue weighted by molar-refractivity contribution is 6.18. The monoisotopic (exact) mass is 405 g/mol. The van der Waals surface area contributed by atoms with Crippen LogP contribution in [-0.2, 0) is 6.18 Å². The molecule has 0 aliphatic carbocycles. The highest BCUT2D eigenvalue weighted by Gasteiger charge is 2.38. The standard InChI is InChI=1S/C18H6F3N9/c1-6-8(3-22)27-13-11-14(28-9(4-23)7(2)25-11)16-15(12(13)26-6)29-10(5-24)17(30-16)18(19,20)21/h1-2H3. The number of nitrogens with zero attached hydrogens (tertiary/aromatic N) is 9. The minimum Gasteiger partial charge on any atom is -0.246 e. The number of rotatable bonds is 0. The lowest BCUT2D eigenvalue weighted by Crippen LogP contribution is -2.13. The summed E-state index contributed by atoms with van der Waals surface area (Å²) in [6, 6.07) is 5.09. The van der Waals surface area contributed by atoms with Crippen LogP contribution in [0.2, 0.25) is 0 Å². The van der Waals surface area contributed by atoms with Gasteiger partial charge in [0, 0.05) is 0 Å². The largest absolute Gasteiger partial charge is 0.436 e. The average molecular weight is 405 g/mol. The van der Waals surface area contributed by atoms with E-state index >= 15 is 0 Å². The molecule has 0 radical (unpaired) electrons. The van der Waals surface area contributed by atoms with Crippen LogP contribution in [0.25, 0.3) is 33.1 Å². The van der Waals surface area contributed by atoms with Gasteiger partial charge in [-0.2, -0.15) is 29.0 Å². The van der Waals surface area contributed by atoms with Crippen LogP contribution in [0, 0.1) is 47.8 Å². The van der Waals surface area contributed by atoms with Crippen LogP contribution >= 0.6 is 0 Å². The Bertz CT molecular complexity index is 1500. The fourth-order valence-corrected chi connectivity index (χ4v) is 2.95. The van der Waals surface area contributed by atoms with Gasteiger partial charge >= 0.3 is 6.18 Å². The summed E-state index contributed by atoms with van der Waals surface area (Å²) in [7, 11) is 0. The Balaban J connectivity index is 2.38. The van der Waals surface area contributed by atoms with Crippen molar-refractivity contribution in [1.82, 2.24) is 29.9 Å². The van der Waals surface area contributed by atoms with E-state index in [0.29, 0.717) is 0 Å². The normalized spacial score (nSPS) is 11.4. The third kappa shape index (κ3) is 2.61. The van der Waals surface area contributed by atoms with Gasteiger partial charge in [0.05, 0.1) is 11.4 Å². The smallest absolute Gasteiger partial charge is 0.246 e. The van der Waals surface area contributed by atoms with Gasteiger partial charge in [-0.3, -0.25) is 0 Å². The molecule has 0 unspecified atom stereocenters. The van der Waals surface area contributed by atoms with E-state index in [2.05, 4.69) is 29.9 Å². The number of nitriles is 3. The van der Waals surface area contributed by atoms with E-state index in [1.807, 2.05) is 12.1 Å². The second kappa shape index (κ2) is 6.26. The molecule has 4 aromatic rings. The summed E-state index contributed by atoms with van der Waals surface area (Å²) >= 11 is 0. The summed E-state index contributed by atoms with van der Waals surface area (Å²) < 4.78 is 40.3. The zero-order valence-electron chi connectivity index (χ0n) is 15.2. The maximum absolute atomic E-state index is 13.4. The fourth-order valence-electron chi connectivity index (χ4n) is 2.95. The molecule has 0 N–H and O–H groups in total. The van der Waals surface area contributed by atoms with Crippen LogP contribution in [0.1, 0.15) is 34.2 Å². The van der Waals surface area contributed by atoms with E-state index in [-0.39, 0.29) is 55.9 Å². The molecule has 0 saturated carbocycles. The first-order valence-electron chi connectivity index (χ1n) is 8.17. The molecule has 9 nitrogen and oxygen atoms in total. The van der Waals surface area contributed by atoms with E-state index < -0.39 is 17.6 Å². The molecule has 4 rings (SSSR count). The highest BCUT2D eigenvalue weighted by Crippen LogP contribution is 2.35. The van der Waals surface area contributed by atoms with E-state index in [1.165, 1.54) is 19.9 Å². The molecule has 3 heterocycles. The predicted molar refractivity (Wildman–Crippen MR) is 94.4 cm³/mol. The number of hydrogen-bond acceptors (Lipinski definition) is 9. The minimum absolute atomic E-state index is 0.0186. The van der Waals surface area contributed by atoms with Crippen molar-refractivity contribution in [2.75, 3.05) is 0 Å². The van der Waals surface area contributed by atoms with Gasteiger partial charge in [-0.05, 0) is 13.8 Å². The lowest BCUT2D eigenvalue weighted by Gasteiger charge is -2.12. The quantitative estimate of drug-likeness (QED) is 0.402. The van der Waals surface area contributed by atoms with Crippen LogP contribution in [-0.4, -0.2) is 29.9 Å². The van der Waals surface area contributed by atoms with Crippen molar-refractivity contribution >= 4 is 33.1 Å². The molecule has 0 atom stereocenters. The molecule has 0 spiro atoms. The first-order valence-corrected chi connectivity index (χ1v) is 8.17. The summed E-state index contributed by atoms with van der Waals surface area (Å²) in [5, 5.41) is 27.7. The molecule has 0 aliphatic rings. The Morgan fingerprint density at radius 3 is 1.27 bits per heavy atom. The van der Waals surface area contributed by atoms with Crippen molar-refractivity contribution in [1.29, 1.82) is 15.8 Å². The molecule has 0 saturated heterocycles. The van der Waals surface area contributed by atoms with Crippen LogP contribution in [0.5, 0.6) is 0 Å². The van der Waals surface area contributed by atoms with Gasteiger partial charge in [-0.1, -0.05) is 0 Å². The molecule has 1 aromatic carbocycles. The van der Waals surface area contributed by atoms with Gasteiger partial charge in [0.25, 0.3) is 0 Å². The Kier molecular flexibility index (Phi) is 3.93. The molecule has 30 heavy (non-hydrogen) atoms. The topological polar surface area (TPSA) is 149 Å². The zero-order chi connectivity index (χ0) is 21.8. The second-order valence-corrected chi connectivity index (χ2v) is 6.16. The predicted octanol–water partition coefficient (Wildman–Crippen LogP) is 2.77. The summed E-state index contributed by atoms with van der Waals surface area (Å²) in [4.78, 5) is 24.3. The fraction of sp³-hybridized carbons (Fsp3) is 0.167. The molecule has 0 bridgehead atoms. The number of aromatic nitrogens is 6. The van der Waals surface area contributed by atoms with Crippen LogP contribution in [0.15, 0.2) is 0 Å². The van der Waals surface area contributed by atoms with Crippen LogP contribution in [0.4, 0.5) is 13.2 Å². The molecule has 0 aliphatic heterocycles. The second-order valence-electron chi connectivity index (χ2n) is 6.16. The first-order chi connectivity index (χ1) is 14.2. The number of benzene rings is 1. The van der Waals surface area contributed by atoms with Gasteiger partial charge in [0.15, 0.2) is 22.8 Å². The Labute approximate surface area is 165 Å². The van der Waals surface area contributed by atoms with E-state index in [4.69, 9.17) is 0 Å². The lowest BCUT2D eigenvalue weighted by atomic mass is 10.1. The van der Waals surface area contributed by atoms with Crippen molar-refractivity contribution in [3.63, 3.8) is 0 Å². The zero-order valence-corrected chi connectivity index (χ0v) is 15.2. The third-order valence-corrected chi connectivity index (χ3v) is 4.30. The summed E-state index contributed by atoms with van der Waals surface area (Å²) in [5.74, 6) is 0. The number of fused-ring (bicyclic) bond motifs is 6. The van der Waals surface area contributed by atoms with Crippen molar-refractivity contribution in [2.45, 2.75) is 20.0 Å². The molecular formula is C18H6F3N9. The molecule has 12 heteroatoms. The number of aryl methyl sites for hydroxylation is 2. The Hall–Kier alpha value is -4.50. The average Bonchev–Trinajstić information content (AvgIpc) is 2.71. The summed E-state index contributed by atoms with van der Waals surface area (Å²) in [6.07, 6.45) is -4.95. The molecular weight excluding hydrogens is 399 g/mol. The van der Waals surface area contributed by atoms with Gasteiger partial charge < -0.3 is 0 Å². The van der Waals surface area contributed by atoms with Crippen molar-refractivity contribution in [2.24, 2.45) is 0 Å². The number of alkyl halides is 3. The molecule has 0 amide bonds. The SMILES string of the molecule is Cc1nc2c3nc(C#N)c(C)nc3c3nc(C#N)c(C(F)(F)F)nc3c2nc1C#N. The minimum atomic E-state index is -4.95. The van der Waals surface area contributed by atoms with Gasteiger partial charge in [-0.15, -0.1) is 0 Å². The number of hydrogen-bond donors (Lipinski definition) is 0. The van der Waals surface area contributed by atoms with Crippen molar-refractivity contribution in [3.8, 4) is 18.2 Å². The molecule has 3 aromatic heterocycles. The first kappa shape index (κ1) is 18.8. The van der Waals surface area contributed by atoms with Crippen LogP contribution in [0.3, 0.4) is 0 Å². The van der Waals surface area contributed by atoms with E-state index in [0.717, 1.165) is 0 Å². The molecule has 0 fully saturated rings. The van der Waals surface area contributed by atoms with Crippen LogP contribution < -0.4 is 0 Å². The maximum atomic E-state index is 13.4. The summed E-state index contributed by atoms with van der Waals surface area (Å²) in [5.41, 5.74) is -2.71. The Morgan fingerprint density at radius 2 is 0.900 bits per heavy atom. The Morgan fingerprint density at radius 1 is 0.567 bits per heavy atom. The van der Waals surface area contributed by atoms with Crippen molar-refractivity contribution in [3.05, 3.63) is 34.2 Å². The third-order valence-electron chi connectivity index (χ3n) is 4.30. The lowest BCUT2D eigenvalue weighted by molar-refractivity contribution is -0.141. The number of halogens is 3. The van der Waals surface area contributed by atoms with E-state index in [9.17, 15) is 29.0 Å². The maximum Gasteiger partial charge on any atom is 0.436 e. The van der Waals surface area contributed by atoms with Gasteiger partial charge in [-0.25, -0.2) is 29.9 Å².